The van der Waals surface area contributed by atoms with Gasteiger partial charge in [0.1, 0.15) is 17.4 Å². The highest BCUT2D eigenvalue weighted by Crippen LogP contribution is 2.38. The molecule has 2 amide bonds. The van der Waals surface area contributed by atoms with Gasteiger partial charge in [-0.05, 0) is 80.7 Å². The molecule has 0 radical (unpaired) electrons. The third-order valence-electron chi connectivity index (χ3n) is 10.5. The summed E-state index contributed by atoms with van der Waals surface area (Å²) in [5, 5.41) is 6.36. The molecule has 4 aromatic rings. The first kappa shape index (κ1) is 36.5. The number of hydrogen-bond acceptors (Lipinski definition) is 7. The van der Waals surface area contributed by atoms with Gasteiger partial charge in [-0.2, -0.15) is 0 Å². The Bertz CT molecular complexity index is 2010. The van der Waals surface area contributed by atoms with Crippen LogP contribution in [0.1, 0.15) is 75.4 Å². The second kappa shape index (κ2) is 15.1. The van der Waals surface area contributed by atoms with Crippen molar-refractivity contribution in [2.24, 2.45) is 17.8 Å². The molecule has 2 aromatic heterocycles. The van der Waals surface area contributed by atoms with Crippen molar-refractivity contribution in [2.75, 3.05) is 36.4 Å². The first-order chi connectivity index (χ1) is 24.9. The lowest BCUT2D eigenvalue weighted by Crippen LogP contribution is -2.48. The molecule has 3 unspecified atom stereocenters. The first-order valence-corrected chi connectivity index (χ1v) is 18.3. The molecule has 2 aliphatic rings. The minimum Gasteiger partial charge on any atom is -0.480 e. The number of aromatic amines is 1. The molecule has 2 aromatic carbocycles. The zero-order valence-corrected chi connectivity index (χ0v) is 31.2. The van der Waals surface area contributed by atoms with Crippen molar-refractivity contribution in [3.8, 4) is 17.1 Å². The summed E-state index contributed by atoms with van der Waals surface area (Å²) in [7, 11) is 0. The monoisotopic (exact) mass is 707 g/mol. The number of carbonyl (C=O) groups excluding carboxylic acids is 3. The third kappa shape index (κ3) is 7.49. The van der Waals surface area contributed by atoms with E-state index in [2.05, 4.69) is 40.9 Å². The fourth-order valence-electron chi connectivity index (χ4n) is 7.88. The summed E-state index contributed by atoms with van der Waals surface area (Å²) in [6, 6.07) is 11.6. The van der Waals surface area contributed by atoms with Crippen LogP contribution in [0.3, 0.4) is 0 Å². The standard InChI is InChI=1S/C40H49N7O5/c1-9-33(51-34-13-10-23(2)18-25(34)4)39(49)42-30-21-29(11-12-32(30)46-16-14-45(15-17-46)28(7)48)37-43-38-35(31(41-8)22-47(38)44-37)40(50)52-36-26(5)19-24(3)20-27(36)6/h10-13,18,21-22,24,26-27,33,36H,9,14-17,19-20H2,1-7H3,(H,42,49)(H,43,44). The highest BCUT2D eigenvalue weighted by Gasteiger charge is 2.36. The van der Waals surface area contributed by atoms with Gasteiger partial charge < -0.3 is 24.6 Å². The van der Waals surface area contributed by atoms with Crippen LogP contribution in [-0.4, -0.2) is 75.7 Å². The second-order valence-corrected chi connectivity index (χ2v) is 14.7. The minimum absolute atomic E-state index is 0.0362. The van der Waals surface area contributed by atoms with Crippen molar-refractivity contribution >= 4 is 40.5 Å². The average molecular weight is 708 g/mol. The van der Waals surface area contributed by atoms with E-state index in [1.807, 2.05) is 62.1 Å². The summed E-state index contributed by atoms with van der Waals surface area (Å²) >= 11 is 0. The van der Waals surface area contributed by atoms with Gasteiger partial charge in [0.2, 0.25) is 11.6 Å². The molecule has 52 heavy (non-hydrogen) atoms. The summed E-state index contributed by atoms with van der Waals surface area (Å²) in [5.74, 6) is 1.30. The number of H-pyrrole nitrogens is 1. The molecule has 2 N–H and O–H groups in total. The van der Waals surface area contributed by atoms with Crippen LogP contribution in [0.15, 0.2) is 42.6 Å². The van der Waals surface area contributed by atoms with Gasteiger partial charge in [0.15, 0.2) is 17.6 Å². The molecule has 3 atom stereocenters. The van der Waals surface area contributed by atoms with Gasteiger partial charge in [0.05, 0.1) is 17.9 Å². The van der Waals surface area contributed by atoms with E-state index in [9.17, 15) is 14.4 Å². The Balaban J connectivity index is 1.31. The van der Waals surface area contributed by atoms with Crippen molar-refractivity contribution in [2.45, 2.75) is 79.9 Å². The normalized spacial score (nSPS) is 21.0. The number of rotatable bonds is 9. The number of aromatic nitrogens is 3. The Hall–Kier alpha value is -5.31. The number of benzene rings is 2. The maximum atomic E-state index is 13.9. The summed E-state index contributed by atoms with van der Waals surface area (Å²) in [5.41, 5.74) is 4.72. The molecule has 274 valence electrons. The fourth-order valence-corrected chi connectivity index (χ4v) is 7.88. The van der Waals surface area contributed by atoms with E-state index in [1.54, 1.807) is 17.6 Å². The van der Waals surface area contributed by atoms with Crippen LogP contribution in [-0.2, 0) is 14.3 Å². The number of anilines is 2. The molecule has 1 aliphatic heterocycles. The van der Waals surface area contributed by atoms with E-state index < -0.39 is 12.1 Å². The van der Waals surface area contributed by atoms with E-state index in [1.165, 1.54) is 0 Å². The predicted octanol–water partition coefficient (Wildman–Crippen LogP) is 7.19. The van der Waals surface area contributed by atoms with Crippen molar-refractivity contribution in [3.05, 3.63) is 70.7 Å². The van der Waals surface area contributed by atoms with Crippen LogP contribution in [0.4, 0.5) is 17.1 Å². The van der Waals surface area contributed by atoms with Crippen molar-refractivity contribution in [1.82, 2.24) is 19.5 Å². The second-order valence-electron chi connectivity index (χ2n) is 14.7. The van der Waals surface area contributed by atoms with Crippen LogP contribution in [0, 0.1) is 38.2 Å². The maximum absolute atomic E-state index is 13.9. The molecule has 3 heterocycles. The Morgan fingerprint density at radius 1 is 1.04 bits per heavy atom. The van der Waals surface area contributed by atoms with E-state index >= 15 is 0 Å². The minimum atomic E-state index is -0.742. The summed E-state index contributed by atoms with van der Waals surface area (Å²) in [6.45, 7) is 24.0. The summed E-state index contributed by atoms with van der Waals surface area (Å²) in [6.07, 6.45) is 3.00. The quantitative estimate of drug-likeness (QED) is 0.139. The van der Waals surface area contributed by atoms with Gasteiger partial charge in [-0.15, -0.1) is 0 Å². The molecule has 1 saturated carbocycles. The number of hydrogen-bond donors (Lipinski definition) is 2. The SMILES string of the molecule is [C-]#[N+]c1cn2[nH]c(-c3ccc(N4CCN(C(C)=O)CC4)c(NC(=O)C(CC)Oc4ccc(C)cc4C)c3)nc2c1C(=O)OC1C(C)CC(C)CC1C. The highest BCUT2D eigenvalue weighted by atomic mass is 16.5. The van der Waals surface area contributed by atoms with Gasteiger partial charge >= 0.3 is 5.97 Å². The number of nitrogens with one attached hydrogen (secondary N) is 2. The number of carbonyl (C=O) groups is 3. The number of aryl methyl sites for hydroxylation is 2. The molecule has 2 fully saturated rings. The highest BCUT2D eigenvalue weighted by molar-refractivity contribution is 6.03. The van der Waals surface area contributed by atoms with E-state index in [-0.39, 0.29) is 41.0 Å². The lowest BCUT2D eigenvalue weighted by molar-refractivity contribution is -0.129. The van der Waals surface area contributed by atoms with Gasteiger partial charge in [-0.1, -0.05) is 45.4 Å². The topological polar surface area (TPSA) is 126 Å². The number of esters is 1. The molecule has 12 nitrogen and oxygen atoms in total. The van der Waals surface area contributed by atoms with Crippen molar-refractivity contribution < 1.29 is 23.9 Å². The smallest absolute Gasteiger partial charge is 0.331 e. The fraction of sp³-hybridized carbons (Fsp3) is 0.475. The largest absolute Gasteiger partial charge is 0.480 e. The predicted molar refractivity (Wildman–Crippen MR) is 201 cm³/mol. The van der Waals surface area contributed by atoms with Gasteiger partial charge in [-0.3, -0.25) is 19.2 Å². The lowest BCUT2D eigenvalue weighted by atomic mass is 9.75. The van der Waals surface area contributed by atoms with Crippen LogP contribution in [0.2, 0.25) is 0 Å². The van der Waals surface area contributed by atoms with E-state index in [0.717, 1.165) is 29.7 Å². The Labute approximate surface area is 305 Å². The molecule has 6 rings (SSSR count). The van der Waals surface area contributed by atoms with Crippen LogP contribution in [0.25, 0.3) is 21.9 Å². The molecular formula is C40H49N7O5. The number of nitrogens with zero attached hydrogens (tertiary/aromatic N) is 5. The van der Waals surface area contributed by atoms with Crippen LogP contribution < -0.4 is 15.0 Å². The zero-order valence-electron chi connectivity index (χ0n) is 31.2. The first-order valence-electron chi connectivity index (χ1n) is 18.3. The molecule has 1 aliphatic carbocycles. The summed E-state index contributed by atoms with van der Waals surface area (Å²) < 4.78 is 13.9. The molecular weight excluding hydrogens is 658 g/mol. The van der Waals surface area contributed by atoms with E-state index in [0.29, 0.717) is 67.0 Å². The zero-order chi connectivity index (χ0) is 37.3. The van der Waals surface area contributed by atoms with Crippen LogP contribution in [0.5, 0.6) is 5.75 Å². The Kier molecular flexibility index (Phi) is 10.6. The van der Waals surface area contributed by atoms with Gasteiger partial charge in [-0.25, -0.2) is 14.6 Å². The molecule has 0 bridgehead atoms. The number of fused-ring (bicyclic) bond motifs is 1. The molecule has 0 spiro atoms. The lowest BCUT2D eigenvalue weighted by Gasteiger charge is -2.37. The van der Waals surface area contributed by atoms with Gasteiger partial charge in [0.25, 0.3) is 5.91 Å². The molecule has 12 heteroatoms. The Morgan fingerprint density at radius 2 is 1.75 bits per heavy atom. The maximum Gasteiger partial charge on any atom is 0.331 e. The van der Waals surface area contributed by atoms with Crippen molar-refractivity contribution in [3.63, 3.8) is 0 Å². The molecule has 1 saturated heterocycles. The third-order valence-corrected chi connectivity index (χ3v) is 10.5. The van der Waals surface area contributed by atoms with Crippen molar-refractivity contribution in [1.29, 1.82) is 0 Å². The average Bonchev–Trinajstić information content (AvgIpc) is 3.67. The number of ether oxygens (including phenoxy) is 2. The van der Waals surface area contributed by atoms with Gasteiger partial charge in [0, 0.05) is 44.9 Å². The van der Waals surface area contributed by atoms with Crippen LogP contribution >= 0.6 is 0 Å². The number of piperazine rings is 1. The van der Waals surface area contributed by atoms with E-state index in [4.69, 9.17) is 21.0 Å². The number of amides is 2. The Morgan fingerprint density at radius 3 is 2.38 bits per heavy atom. The summed E-state index contributed by atoms with van der Waals surface area (Å²) in [4.78, 5) is 52.0.